The number of esters is 1. The van der Waals surface area contributed by atoms with Crippen LogP contribution in [0.15, 0.2) is 60.8 Å². The highest BCUT2D eigenvalue weighted by atomic mass is 32.3. The summed E-state index contributed by atoms with van der Waals surface area (Å²) >= 11 is 0. The largest absolute Gasteiger partial charge is 0.457 e. The number of carbonyl (C=O) groups is 1. The van der Waals surface area contributed by atoms with Crippen LogP contribution >= 0.6 is 0 Å². The maximum atomic E-state index is 12.9. The molecule has 13 heteroatoms. The second-order valence-electron chi connectivity index (χ2n) is 16.3. The van der Waals surface area contributed by atoms with Gasteiger partial charge in [0.05, 0.1) is 19.8 Å². The van der Waals surface area contributed by atoms with Crippen LogP contribution < -0.4 is 0 Å². The molecule has 12 nitrogen and oxygen atoms in total. The number of allylic oxidation sites excluding steroid dienone is 10. The van der Waals surface area contributed by atoms with Gasteiger partial charge < -0.3 is 34.3 Å². The van der Waals surface area contributed by atoms with Gasteiger partial charge in [0.1, 0.15) is 30.5 Å². The molecule has 0 radical (unpaired) electrons. The molecule has 4 N–H and O–H groups in total. The molecule has 6 atom stereocenters. The van der Waals surface area contributed by atoms with Crippen molar-refractivity contribution in [1.82, 2.24) is 0 Å². The molecule has 6 unspecified atom stereocenters. The Morgan fingerprint density at radius 1 is 0.629 bits per heavy atom. The van der Waals surface area contributed by atoms with Crippen LogP contribution in [0.1, 0.15) is 181 Å². The predicted octanol–water partition coefficient (Wildman–Crippen LogP) is 10.5. The van der Waals surface area contributed by atoms with E-state index in [1.54, 1.807) is 0 Å². The van der Waals surface area contributed by atoms with Crippen LogP contribution in [0.4, 0.5) is 0 Å². The molecule has 360 valence electrons. The first-order chi connectivity index (χ1) is 30.1. The van der Waals surface area contributed by atoms with Crippen LogP contribution in [0, 0.1) is 0 Å². The number of rotatable bonds is 41. The number of aliphatic hydroxyl groups is 3. The average Bonchev–Trinajstić information content (AvgIpc) is 3.24. The van der Waals surface area contributed by atoms with Crippen molar-refractivity contribution in [2.75, 3.05) is 26.4 Å². The van der Waals surface area contributed by atoms with Crippen molar-refractivity contribution in [2.45, 2.75) is 218 Å². The van der Waals surface area contributed by atoms with Gasteiger partial charge in [-0.15, -0.1) is 0 Å². The summed E-state index contributed by atoms with van der Waals surface area (Å²) in [7, 11) is -5.07. The quantitative estimate of drug-likeness (QED) is 0.0198. The molecule has 1 rings (SSSR count). The molecule has 0 amide bonds. The molecule has 0 saturated carbocycles. The summed E-state index contributed by atoms with van der Waals surface area (Å²) < 4.78 is 59.1. The average molecular weight is 899 g/mol. The van der Waals surface area contributed by atoms with Gasteiger partial charge in [-0.05, 0) is 77.0 Å². The van der Waals surface area contributed by atoms with Gasteiger partial charge in [-0.25, -0.2) is 4.18 Å². The molecule has 1 aliphatic rings. The van der Waals surface area contributed by atoms with Crippen molar-refractivity contribution in [3.63, 3.8) is 0 Å². The minimum atomic E-state index is -5.07. The summed E-state index contributed by atoms with van der Waals surface area (Å²) in [5.74, 6) is -0.410. The maximum Gasteiger partial charge on any atom is 0.397 e. The van der Waals surface area contributed by atoms with Gasteiger partial charge in [-0.2, -0.15) is 8.42 Å². The summed E-state index contributed by atoms with van der Waals surface area (Å²) in [5, 5.41) is 30.7. The number of aliphatic hydroxyl groups excluding tert-OH is 3. The summed E-state index contributed by atoms with van der Waals surface area (Å²) in [4.78, 5) is 12.9. The third-order valence-corrected chi connectivity index (χ3v) is 11.1. The third-order valence-electron chi connectivity index (χ3n) is 10.6. The van der Waals surface area contributed by atoms with E-state index < -0.39 is 59.8 Å². The monoisotopic (exact) mass is 899 g/mol. The molecule has 0 spiro atoms. The van der Waals surface area contributed by atoms with E-state index >= 15 is 0 Å². The lowest BCUT2D eigenvalue weighted by Gasteiger charge is -2.41. The van der Waals surface area contributed by atoms with Gasteiger partial charge in [0.2, 0.25) is 0 Å². The lowest BCUT2D eigenvalue weighted by atomic mass is 9.99. The predicted molar refractivity (Wildman–Crippen MR) is 248 cm³/mol. The van der Waals surface area contributed by atoms with E-state index in [-0.39, 0.29) is 19.6 Å². The Morgan fingerprint density at radius 2 is 1.11 bits per heavy atom. The molecule has 0 bridgehead atoms. The Bertz CT molecular complexity index is 1310. The number of hydrogen-bond acceptors (Lipinski definition) is 11. The van der Waals surface area contributed by atoms with Crippen molar-refractivity contribution >= 4 is 16.4 Å². The first-order valence-corrected chi connectivity index (χ1v) is 25.4. The van der Waals surface area contributed by atoms with E-state index in [1.807, 2.05) is 0 Å². The van der Waals surface area contributed by atoms with E-state index in [2.05, 4.69) is 78.8 Å². The fourth-order valence-corrected chi connectivity index (χ4v) is 7.52. The molecule has 0 aromatic heterocycles. The van der Waals surface area contributed by atoms with Gasteiger partial charge >= 0.3 is 16.4 Å². The second kappa shape index (κ2) is 40.3. The minimum Gasteiger partial charge on any atom is -0.457 e. The Morgan fingerprint density at radius 3 is 1.63 bits per heavy atom. The molecule has 0 aromatic carbocycles. The van der Waals surface area contributed by atoms with E-state index in [9.17, 15) is 33.1 Å². The van der Waals surface area contributed by atoms with Crippen LogP contribution in [0.2, 0.25) is 0 Å². The number of ether oxygens (including phenoxy) is 4. The summed E-state index contributed by atoms with van der Waals surface area (Å²) in [6.45, 7) is 3.82. The fourth-order valence-electron chi connectivity index (χ4n) is 7.01. The summed E-state index contributed by atoms with van der Waals surface area (Å²) in [5.41, 5.74) is 0. The van der Waals surface area contributed by atoms with Crippen LogP contribution in [-0.4, -0.2) is 97.5 Å². The normalized spacial score (nSPS) is 20.5. The van der Waals surface area contributed by atoms with Crippen LogP contribution in [0.3, 0.4) is 0 Å². The Hall–Kier alpha value is -2.20. The van der Waals surface area contributed by atoms with Crippen LogP contribution in [-0.2, 0) is 38.3 Å². The highest BCUT2D eigenvalue weighted by Crippen LogP contribution is 2.26. The molecule has 0 aromatic rings. The minimum absolute atomic E-state index is 0.0232. The van der Waals surface area contributed by atoms with E-state index in [4.69, 9.17) is 18.9 Å². The Labute approximate surface area is 376 Å². The number of hydrogen-bond donors (Lipinski definition) is 4. The summed E-state index contributed by atoms with van der Waals surface area (Å²) in [6, 6.07) is 0. The maximum absolute atomic E-state index is 12.9. The van der Waals surface area contributed by atoms with Crippen molar-refractivity contribution in [3.05, 3.63) is 60.8 Å². The molecule has 1 heterocycles. The van der Waals surface area contributed by atoms with Crippen LogP contribution in [0.5, 0.6) is 0 Å². The van der Waals surface area contributed by atoms with E-state index in [0.717, 1.165) is 83.5 Å². The van der Waals surface area contributed by atoms with Crippen LogP contribution in [0.25, 0.3) is 0 Å². The number of carbonyl (C=O) groups excluding carboxylic acids is 1. The highest BCUT2D eigenvalue weighted by Gasteiger charge is 2.48. The van der Waals surface area contributed by atoms with Crippen molar-refractivity contribution in [3.8, 4) is 0 Å². The van der Waals surface area contributed by atoms with Crippen molar-refractivity contribution in [1.29, 1.82) is 0 Å². The van der Waals surface area contributed by atoms with Gasteiger partial charge in [-0.1, -0.05) is 158 Å². The zero-order valence-corrected chi connectivity index (χ0v) is 39.2. The lowest BCUT2D eigenvalue weighted by molar-refractivity contribution is -0.301. The first kappa shape index (κ1) is 57.8. The third kappa shape index (κ3) is 33.3. The van der Waals surface area contributed by atoms with Gasteiger partial charge in [-0.3, -0.25) is 9.35 Å². The Balaban J connectivity index is 2.41. The van der Waals surface area contributed by atoms with E-state index in [1.165, 1.54) is 70.6 Å². The zero-order valence-electron chi connectivity index (χ0n) is 38.4. The zero-order chi connectivity index (χ0) is 45.4. The second-order valence-corrected chi connectivity index (χ2v) is 17.4. The van der Waals surface area contributed by atoms with Crippen molar-refractivity contribution in [2.24, 2.45) is 0 Å². The van der Waals surface area contributed by atoms with Gasteiger partial charge in [0, 0.05) is 13.0 Å². The topological polar surface area (TPSA) is 178 Å². The Kier molecular flexibility index (Phi) is 37.6. The fraction of sp³-hybridized carbons (Fsp3) is 0.776. The first-order valence-electron chi connectivity index (χ1n) is 24.0. The summed E-state index contributed by atoms with van der Waals surface area (Å²) in [6.07, 6.45) is 41.0. The van der Waals surface area contributed by atoms with E-state index in [0.29, 0.717) is 13.0 Å². The smallest absolute Gasteiger partial charge is 0.397 e. The SMILES string of the molecule is CC/C=C\C/C=C\C/C=C\CCCCCCCCOCC(COC1OC(CO)C(O)C(OS(=O)(=O)O)C1O)OC(=O)CCCCCCCCCCC/C=C\C/C=C\CCCCC. The lowest BCUT2D eigenvalue weighted by Crippen LogP contribution is -2.60. The van der Waals surface area contributed by atoms with Gasteiger partial charge in [0.25, 0.3) is 0 Å². The molecular formula is C49H86O12S. The molecule has 1 fully saturated rings. The number of unbranched alkanes of at least 4 members (excludes halogenated alkanes) is 18. The van der Waals surface area contributed by atoms with Crippen molar-refractivity contribution < 1.29 is 56.2 Å². The molecule has 1 aliphatic heterocycles. The van der Waals surface area contributed by atoms with Gasteiger partial charge in [0.15, 0.2) is 6.29 Å². The molecule has 1 saturated heterocycles. The molecular weight excluding hydrogens is 813 g/mol. The molecule has 0 aliphatic carbocycles. The molecule has 62 heavy (non-hydrogen) atoms. The standard InChI is InChI=1S/C49H86O12S/c1-3-5-7-9-11-13-15-17-19-21-22-23-24-26-28-30-32-34-36-38-45(51)59-43(42-58-49-47(53)48(61-62(54,55)56)46(52)44(40-50)60-49)41-57-39-37-35-33-31-29-27-25-20-18-16-14-12-10-8-6-4-2/h6,8,11-14,17-20,43-44,46-50,52-53H,3-5,7,9-10,15-16,21-42H2,1-2H3,(H,54,55,56)/b8-6-,13-11-,14-12-,19-17-,20-18-. The highest BCUT2D eigenvalue weighted by molar-refractivity contribution is 7.80.